The molecule has 0 spiro atoms. The van der Waals surface area contributed by atoms with Gasteiger partial charge >= 0.3 is 0 Å². The van der Waals surface area contributed by atoms with E-state index >= 15 is 0 Å². The maximum atomic E-state index is 13.2. The zero-order valence-electron chi connectivity index (χ0n) is 17.0. The summed E-state index contributed by atoms with van der Waals surface area (Å²) in [5, 5.41) is 1.35. The molecule has 4 rings (SSSR count). The number of rotatable bonds is 5. The molecule has 4 nitrogen and oxygen atoms in total. The van der Waals surface area contributed by atoms with Crippen LogP contribution in [0.4, 0.5) is 0 Å². The molecule has 4 heteroatoms. The van der Waals surface area contributed by atoms with Gasteiger partial charge in [-0.15, -0.1) is 0 Å². The molecule has 1 aliphatic heterocycles. The van der Waals surface area contributed by atoms with Gasteiger partial charge in [0.25, 0.3) is 0 Å². The number of hydrogen-bond donors (Lipinski definition) is 1. The van der Waals surface area contributed by atoms with E-state index in [1.807, 2.05) is 4.90 Å². The van der Waals surface area contributed by atoms with E-state index < -0.39 is 0 Å². The largest absolute Gasteiger partial charge is 0.361 e. The molecule has 2 aliphatic rings. The molecule has 0 unspecified atom stereocenters. The molecule has 1 aromatic carbocycles. The van der Waals surface area contributed by atoms with Gasteiger partial charge in [-0.2, -0.15) is 0 Å². The number of nitrogens with one attached hydrogen (secondary N) is 1. The maximum Gasteiger partial charge on any atom is 0.230 e. The molecule has 1 aromatic heterocycles. The van der Waals surface area contributed by atoms with E-state index in [0.29, 0.717) is 12.0 Å². The van der Waals surface area contributed by atoms with E-state index in [-0.39, 0.29) is 11.8 Å². The number of fused-ring (bicyclic) bond motifs is 2. The summed E-state index contributed by atoms with van der Waals surface area (Å²) >= 11 is 0. The van der Waals surface area contributed by atoms with Gasteiger partial charge in [0.1, 0.15) is 0 Å². The predicted molar refractivity (Wildman–Crippen MR) is 112 cm³/mol. The first-order chi connectivity index (χ1) is 13.0. The van der Waals surface area contributed by atoms with Crippen molar-refractivity contribution in [2.75, 3.05) is 26.2 Å². The maximum absolute atomic E-state index is 13.2. The Labute approximate surface area is 162 Å². The van der Waals surface area contributed by atoms with Gasteiger partial charge in [-0.05, 0) is 49.0 Å². The topological polar surface area (TPSA) is 39.3 Å². The second-order valence-electron chi connectivity index (χ2n) is 8.35. The fourth-order valence-corrected chi connectivity index (χ4v) is 4.92. The van der Waals surface area contributed by atoms with E-state index in [9.17, 15) is 4.79 Å². The Hall–Kier alpha value is -2.07. The Balaban J connectivity index is 1.80. The average Bonchev–Trinajstić information content (AvgIpc) is 3.07. The number of H-pyrrole nitrogens is 1. The molecule has 0 saturated carbocycles. The van der Waals surface area contributed by atoms with E-state index in [1.54, 1.807) is 0 Å². The molecule has 0 fully saturated rings. The van der Waals surface area contributed by atoms with Crippen LogP contribution in [0.15, 0.2) is 30.5 Å². The van der Waals surface area contributed by atoms with Crippen LogP contribution in [0.5, 0.6) is 0 Å². The van der Waals surface area contributed by atoms with Crippen molar-refractivity contribution in [1.82, 2.24) is 14.8 Å². The van der Waals surface area contributed by atoms with Gasteiger partial charge in [0, 0.05) is 49.3 Å². The molecule has 0 radical (unpaired) electrons. The van der Waals surface area contributed by atoms with Crippen molar-refractivity contribution >= 4 is 22.4 Å². The number of aromatic nitrogens is 1. The lowest BCUT2D eigenvalue weighted by Crippen LogP contribution is -2.50. The Morgan fingerprint density at radius 3 is 2.78 bits per heavy atom. The van der Waals surface area contributed by atoms with Gasteiger partial charge in [0.15, 0.2) is 0 Å². The summed E-state index contributed by atoms with van der Waals surface area (Å²) in [5.74, 6) is 0.800. The zero-order chi connectivity index (χ0) is 19.1. The van der Waals surface area contributed by atoms with Crippen LogP contribution in [0.3, 0.4) is 0 Å². The lowest BCUT2D eigenvalue weighted by molar-refractivity contribution is -0.134. The molecule has 2 aromatic rings. The number of aromatic amines is 1. The van der Waals surface area contributed by atoms with Gasteiger partial charge in [-0.3, -0.25) is 9.69 Å². The van der Waals surface area contributed by atoms with Crippen molar-refractivity contribution < 1.29 is 4.79 Å². The van der Waals surface area contributed by atoms with Gasteiger partial charge < -0.3 is 9.88 Å². The monoisotopic (exact) mass is 365 g/mol. The van der Waals surface area contributed by atoms with Crippen molar-refractivity contribution in [3.8, 4) is 0 Å². The molecule has 1 aliphatic carbocycles. The minimum absolute atomic E-state index is 0.0503. The summed E-state index contributed by atoms with van der Waals surface area (Å²) in [7, 11) is 0. The minimum atomic E-state index is -0.0503. The molecular weight excluding hydrogens is 334 g/mol. The quantitative estimate of drug-likeness (QED) is 0.872. The highest BCUT2D eigenvalue weighted by molar-refractivity contribution is 5.99. The molecular formula is C23H31N3O. The molecule has 27 heavy (non-hydrogen) atoms. The molecule has 1 amide bonds. The third-order valence-electron chi connectivity index (χ3n) is 6.12. The first-order valence-electron chi connectivity index (χ1n) is 10.4. The zero-order valence-corrected chi connectivity index (χ0v) is 17.0. The normalized spacial score (nSPS) is 22.0. The molecule has 2 atom stereocenters. The highest BCUT2D eigenvalue weighted by atomic mass is 16.2. The lowest BCUT2D eigenvalue weighted by atomic mass is 9.79. The smallest absolute Gasteiger partial charge is 0.230 e. The van der Waals surface area contributed by atoms with Crippen LogP contribution in [0.1, 0.15) is 38.8 Å². The number of hydrogen-bond acceptors (Lipinski definition) is 2. The number of amides is 1. The summed E-state index contributed by atoms with van der Waals surface area (Å²) in [6.45, 7) is 12.1. The standard InChI is InChI=1S/C23H31N3O/c1-5-25(6-2)23(27)17-10-19-18-8-7-9-20-22(18)16(12-24-20)11-21(19)26(14-17)13-15(3)4/h7-10,12,15,17,21,24H,5-6,11,13-14H2,1-4H3/t17-,21-/m1/s1. The summed E-state index contributed by atoms with van der Waals surface area (Å²) in [6.07, 6.45) is 5.49. The Morgan fingerprint density at radius 2 is 2.07 bits per heavy atom. The Bertz CT molecular complexity index is 875. The first kappa shape index (κ1) is 18.3. The van der Waals surface area contributed by atoms with Gasteiger partial charge in [-0.25, -0.2) is 0 Å². The fourth-order valence-electron chi connectivity index (χ4n) is 4.92. The van der Waals surface area contributed by atoms with Gasteiger partial charge in [0.2, 0.25) is 5.91 Å². The van der Waals surface area contributed by atoms with Crippen LogP contribution in [-0.2, 0) is 11.2 Å². The van der Waals surface area contributed by atoms with Crippen molar-refractivity contribution in [2.24, 2.45) is 11.8 Å². The van der Waals surface area contributed by atoms with Crippen LogP contribution in [0.25, 0.3) is 16.5 Å². The van der Waals surface area contributed by atoms with Crippen LogP contribution in [0, 0.1) is 11.8 Å². The number of nitrogens with zero attached hydrogens (tertiary/aromatic N) is 2. The summed E-state index contributed by atoms with van der Waals surface area (Å²) in [4.78, 5) is 21.1. The van der Waals surface area contributed by atoms with Gasteiger partial charge in [-0.1, -0.05) is 32.1 Å². The van der Waals surface area contributed by atoms with E-state index in [0.717, 1.165) is 32.6 Å². The summed E-state index contributed by atoms with van der Waals surface area (Å²) < 4.78 is 0. The highest BCUT2D eigenvalue weighted by Crippen LogP contribution is 2.41. The summed E-state index contributed by atoms with van der Waals surface area (Å²) in [6, 6.07) is 6.89. The van der Waals surface area contributed by atoms with Crippen molar-refractivity contribution in [1.29, 1.82) is 0 Å². The first-order valence-corrected chi connectivity index (χ1v) is 10.4. The van der Waals surface area contributed by atoms with Crippen LogP contribution in [0.2, 0.25) is 0 Å². The highest BCUT2D eigenvalue weighted by Gasteiger charge is 2.38. The Kier molecular flexibility index (Phi) is 4.85. The molecule has 0 bridgehead atoms. The predicted octanol–water partition coefficient (Wildman–Crippen LogP) is 3.93. The third-order valence-corrected chi connectivity index (χ3v) is 6.12. The number of benzene rings is 1. The van der Waals surface area contributed by atoms with Crippen LogP contribution < -0.4 is 0 Å². The lowest BCUT2D eigenvalue weighted by Gasteiger charge is -2.43. The third kappa shape index (κ3) is 3.10. The molecule has 144 valence electrons. The Morgan fingerprint density at radius 1 is 1.30 bits per heavy atom. The van der Waals surface area contributed by atoms with E-state index in [4.69, 9.17) is 0 Å². The fraction of sp³-hybridized carbons (Fsp3) is 0.522. The second-order valence-corrected chi connectivity index (χ2v) is 8.35. The van der Waals surface area contributed by atoms with Crippen LogP contribution in [-0.4, -0.2) is 52.9 Å². The molecule has 1 N–H and O–H groups in total. The molecule has 0 saturated heterocycles. The van der Waals surface area contributed by atoms with Crippen LogP contribution >= 0.6 is 0 Å². The summed E-state index contributed by atoms with van der Waals surface area (Å²) in [5.41, 5.74) is 5.27. The van der Waals surface area contributed by atoms with Crippen molar-refractivity contribution in [3.63, 3.8) is 0 Å². The minimum Gasteiger partial charge on any atom is -0.361 e. The number of carbonyl (C=O) groups is 1. The van der Waals surface area contributed by atoms with Crippen molar-refractivity contribution in [3.05, 3.63) is 41.6 Å². The molecule has 2 heterocycles. The SMILES string of the molecule is CCN(CC)C(=O)[C@@H]1C=C2c3cccc4[nH]cc(c34)C[C@H]2N(CC(C)C)C1. The van der Waals surface area contributed by atoms with E-state index in [2.05, 4.69) is 68.1 Å². The second kappa shape index (κ2) is 7.16. The van der Waals surface area contributed by atoms with Gasteiger partial charge in [0.05, 0.1) is 5.92 Å². The van der Waals surface area contributed by atoms with Crippen molar-refractivity contribution in [2.45, 2.75) is 40.2 Å². The van der Waals surface area contributed by atoms with E-state index in [1.165, 1.54) is 27.6 Å². The average molecular weight is 366 g/mol. The number of carbonyl (C=O) groups excluding carboxylic acids is 1.